The topological polar surface area (TPSA) is 56.7 Å². The average molecular weight is 378 g/mol. The quantitative estimate of drug-likeness (QED) is 0.556. The van der Waals surface area contributed by atoms with Gasteiger partial charge in [0.05, 0.1) is 19.1 Å². The lowest BCUT2D eigenvalue weighted by Crippen LogP contribution is -2.86. The lowest BCUT2D eigenvalue weighted by molar-refractivity contribution is -0.666. The van der Waals surface area contributed by atoms with Gasteiger partial charge in [0.25, 0.3) is 0 Å². The van der Waals surface area contributed by atoms with Crippen molar-refractivity contribution in [3.8, 4) is 0 Å². The van der Waals surface area contributed by atoms with E-state index in [9.17, 15) is 9.90 Å². The zero-order valence-electron chi connectivity index (χ0n) is 18.4. The van der Waals surface area contributed by atoms with Crippen LogP contribution in [0.15, 0.2) is 24.3 Å². The Hall–Kier alpha value is -1.35. The third-order valence-electron chi connectivity index (χ3n) is 5.37. The first-order valence-corrected chi connectivity index (χ1v) is 11.1. The number of aryl methyl sites for hydroxylation is 1. The van der Waals surface area contributed by atoms with Crippen molar-refractivity contribution in [1.82, 2.24) is 0 Å². The van der Waals surface area contributed by atoms with E-state index in [1.54, 1.807) is 12.1 Å². The molecule has 1 rings (SSSR count). The maximum absolute atomic E-state index is 10.2. The molecule has 3 nitrogen and oxygen atoms in total. The molecule has 1 aromatic carbocycles. The van der Waals surface area contributed by atoms with Crippen LogP contribution >= 0.6 is 0 Å². The van der Waals surface area contributed by atoms with Crippen molar-refractivity contribution in [3.63, 3.8) is 0 Å². The molecule has 0 amide bonds. The average Bonchev–Trinajstić information content (AvgIpc) is 2.67. The molecule has 2 N–H and O–H groups in total. The number of nitrogens with two attached hydrogens (primary N) is 1. The van der Waals surface area contributed by atoms with Gasteiger partial charge in [0.1, 0.15) is 0 Å². The summed E-state index contributed by atoms with van der Waals surface area (Å²) in [5.74, 6) is 0.789. The van der Waals surface area contributed by atoms with Crippen molar-refractivity contribution in [2.75, 3.05) is 13.1 Å². The number of benzene rings is 1. The van der Waals surface area contributed by atoms with Crippen molar-refractivity contribution in [3.05, 3.63) is 35.4 Å². The van der Waals surface area contributed by atoms with E-state index < -0.39 is 5.97 Å². The number of carbonyl (C=O) groups is 1. The smallest absolute Gasteiger partial charge is 0.0783 e. The molecule has 0 aliphatic rings. The highest BCUT2D eigenvalue weighted by molar-refractivity contribution is 5.85. The predicted molar refractivity (Wildman–Crippen MR) is 114 cm³/mol. The maximum atomic E-state index is 10.2. The Labute approximate surface area is 168 Å². The summed E-state index contributed by atoms with van der Waals surface area (Å²) < 4.78 is 0. The Kier molecular flexibility index (Phi) is 16.0. The molecule has 0 aliphatic heterocycles. The van der Waals surface area contributed by atoms with Gasteiger partial charge in [-0.25, -0.2) is 0 Å². The maximum Gasteiger partial charge on any atom is 0.0783 e. The Morgan fingerprint density at radius 2 is 1.33 bits per heavy atom. The lowest BCUT2D eigenvalue weighted by Gasteiger charge is -2.16. The highest BCUT2D eigenvalue weighted by atomic mass is 16.4. The fraction of sp³-hybridized carbons (Fsp3) is 0.708. The highest BCUT2D eigenvalue weighted by Crippen LogP contribution is 2.11. The first-order valence-electron chi connectivity index (χ1n) is 11.1. The summed E-state index contributed by atoms with van der Waals surface area (Å²) in [6.07, 6.45) is 11.1. The predicted octanol–water partition coefficient (Wildman–Crippen LogP) is 4.34. The second-order valence-electron chi connectivity index (χ2n) is 7.75. The molecule has 0 fully saturated rings. The summed E-state index contributed by atoms with van der Waals surface area (Å²) in [6.45, 7) is 13.9. The summed E-state index contributed by atoms with van der Waals surface area (Å²) in [6, 6.07) is 6.55. The Bertz CT molecular complexity index is 454. The molecule has 156 valence electrons. The zero-order valence-corrected chi connectivity index (χ0v) is 18.4. The number of hydrogen-bond donors (Lipinski definition) is 1. The number of aromatic carboxylic acids is 1. The third kappa shape index (κ3) is 13.5. The van der Waals surface area contributed by atoms with Gasteiger partial charge in [0, 0.05) is 11.8 Å². The SMILES string of the molecule is CCCCC(CC)C[NH2+]CC(CC)CCCC.Cc1ccc(C(=O)[O-])cc1. The normalized spacial score (nSPS) is 12.8. The van der Waals surface area contributed by atoms with Gasteiger partial charge in [-0.3, -0.25) is 0 Å². The number of quaternary nitrogens is 1. The summed E-state index contributed by atoms with van der Waals surface area (Å²) in [4.78, 5) is 10.2. The molecule has 0 aromatic heterocycles. The van der Waals surface area contributed by atoms with Crippen LogP contribution in [0.4, 0.5) is 0 Å². The Morgan fingerprint density at radius 1 is 0.889 bits per heavy atom. The van der Waals surface area contributed by atoms with E-state index in [1.165, 1.54) is 76.6 Å². The second-order valence-corrected chi connectivity index (χ2v) is 7.75. The first-order chi connectivity index (χ1) is 13.0. The van der Waals surface area contributed by atoms with Crippen LogP contribution in [0.1, 0.15) is 95.0 Å². The molecule has 2 atom stereocenters. The third-order valence-corrected chi connectivity index (χ3v) is 5.37. The molecular weight excluding hydrogens is 334 g/mol. The van der Waals surface area contributed by atoms with Crippen molar-refractivity contribution >= 4 is 5.97 Å². The van der Waals surface area contributed by atoms with Crippen LogP contribution in [0, 0.1) is 18.8 Å². The highest BCUT2D eigenvalue weighted by Gasteiger charge is 2.11. The van der Waals surface area contributed by atoms with Crippen molar-refractivity contribution in [1.29, 1.82) is 0 Å². The number of hydrogen-bond acceptors (Lipinski definition) is 2. The second kappa shape index (κ2) is 16.8. The van der Waals surface area contributed by atoms with Crippen LogP contribution in [0.25, 0.3) is 0 Å². The number of carboxylic acid groups (broad SMARTS) is 1. The van der Waals surface area contributed by atoms with Gasteiger partial charge in [-0.05, 0) is 38.2 Å². The van der Waals surface area contributed by atoms with Gasteiger partial charge in [-0.2, -0.15) is 0 Å². The molecule has 1 aromatic rings. The number of carboxylic acids is 1. The minimum absolute atomic E-state index is 0.227. The van der Waals surface area contributed by atoms with Gasteiger partial charge in [0.15, 0.2) is 0 Å². The first kappa shape index (κ1) is 25.6. The monoisotopic (exact) mass is 377 g/mol. The molecule has 0 radical (unpaired) electrons. The summed E-state index contributed by atoms with van der Waals surface area (Å²) in [5, 5.41) is 12.8. The number of rotatable bonds is 13. The molecular formula is C24H43NO2. The molecule has 2 unspecified atom stereocenters. The van der Waals surface area contributed by atoms with Gasteiger partial charge in [-0.15, -0.1) is 0 Å². The molecule has 0 aliphatic carbocycles. The van der Waals surface area contributed by atoms with Gasteiger partial charge >= 0.3 is 0 Å². The molecule has 27 heavy (non-hydrogen) atoms. The molecule has 0 saturated carbocycles. The van der Waals surface area contributed by atoms with Crippen molar-refractivity contribution in [2.45, 2.75) is 86.0 Å². The fourth-order valence-corrected chi connectivity index (χ4v) is 3.22. The number of unbranched alkanes of at least 4 members (excludes halogenated alkanes) is 2. The van der Waals surface area contributed by atoms with Crippen LogP contribution < -0.4 is 10.4 Å². The lowest BCUT2D eigenvalue weighted by atomic mass is 9.97. The van der Waals surface area contributed by atoms with E-state index in [0.29, 0.717) is 0 Å². The fourth-order valence-electron chi connectivity index (χ4n) is 3.22. The largest absolute Gasteiger partial charge is 0.545 e. The summed E-state index contributed by atoms with van der Waals surface area (Å²) in [7, 11) is 0. The van der Waals surface area contributed by atoms with E-state index in [4.69, 9.17) is 0 Å². The molecule has 0 saturated heterocycles. The van der Waals surface area contributed by atoms with Gasteiger partial charge < -0.3 is 15.2 Å². The van der Waals surface area contributed by atoms with Gasteiger partial charge in [-0.1, -0.05) is 83.2 Å². The molecule has 0 heterocycles. The van der Waals surface area contributed by atoms with E-state index >= 15 is 0 Å². The van der Waals surface area contributed by atoms with E-state index in [0.717, 1.165) is 17.4 Å². The van der Waals surface area contributed by atoms with Gasteiger partial charge in [0.2, 0.25) is 0 Å². The van der Waals surface area contributed by atoms with Crippen LogP contribution in [-0.2, 0) is 0 Å². The molecule has 0 spiro atoms. The van der Waals surface area contributed by atoms with E-state index in [2.05, 4.69) is 33.0 Å². The standard InChI is InChI=1S/C16H35N.C8H8O2/c1-5-9-11-15(7-3)13-17-14-16(8-4)12-10-6-2;1-6-2-4-7(5-3-6)8(9)10/h15-17H,5-14H2,1-4H3;2-5H,1H3,(H,9,10). The van der Waals surface area contributed by atoms with Crippen molar-refractivity contribution in [2.24, 2.45) is 11.8 Å². The van der Waals surface area contributed by atoms with Crippen LogP contribution in [0.5, 0.6) is 0 Å². The zero-order chi connectivity index (χ0) is 20.5. The van der Waals surface area contributed by atoms with E-state index in [-0.39, 0.29) is 5.56 Å². The molecule has 0 bridgehead atoms. The summed E-state index contributed by atoms with van der Waals surface area (Å²) >= 11 is 0. The minimum Gasteiger partial charge on any atom is -0.545 e. The Morgan fingerprint density at radius 3 is 1.67 bits per heavy atom. The Balaban J connectivity index is 0.000000569. The number of carbonyl (C=O) groups excluding carboxylic acids is 1. The van der Waals surface area contributed by atoms with Crippen LogP contribution in [-0.4, -0.2) is 19.1 Å². The van der Waals surface area contributed by atoms with Crippen LogP contribution in [0.2, 0.25) is 0 Å². The minimum atomic E-state index is -1.12. The van der Waals surface area contributed by atoms with Crippen molar-refractivity contribution < 1.29 is 15.2 Å². The summed E-state index contributed by atoms with van der Waals surface area (Å²) in [5.41, 5.74) is 1.27. The molecule has 3 heteroatoms. The van der Waals surface area contributed by atoms with Crippen LogP contribution in [0.3, 0.4) is 0 Å². The van der Waals surface area contributed by atoms with E-state index in [1.807, 2.05) is 6.92 Å².